The summed E-state index contributed by atoms with van der Waals surface area (Å²) in [6, 6.07) is 8.11. The second-order valence-electron chi connectivity index (χ2n) is 5.51. The molecule has 1 N–H and O–H groups in total. The second-order valence-corrected chi connectivity index (χ2v) is 7.39. The Labute approximate surface area is 143 Å². The number of aromatic amines is 1. The normalized spacial score (nSPS) is 13.8. The third kappa shape index (κ3) is 2.05. The van der Waals surface area contributed by atoms with Crippen molar-refractivity contribution in [2.45, 2.75) is 19.3 Å². The lowest BCUT2D eigenvalue weighted by molar-refractivity contribution is 0.859. The van der Waals surface area contributed by atoms with E-state index < -0.39 is 0 Å². The van der Waals surface area contributed by atoms with E-state index in [2.05, 4.69) is 36.3 Å². The van der Waals surface area contributed by atoms with Crippen LogP contribution >= 0.6 is 27.3 Å². The van der Waals surface area contributed by atoms with Crippen LogP contribution in [0.2, 0.25) is 0 Å². The Morgan fingerprint density at radius 2 is 2.00 bits per heavy atom. The fourth-order valence-electron chi connectivity index (χ4n) is 2.98. The van der Waals surface area contributed by atoms with Crippen LogP contribution in [0, 0.1) is 0 Å². The average Bonchev–Trinajstić information content (AvgIpc) is 3.28. The second kappa shape index (κ2) is 4.97. The molecule has 23 heavy (non-hydrogen) atoms. The molecule has 0 fully saturated rings. The first-order valence-corrected chi connectivity index (χ1v) is 8.95. The molecule has 0 radical (unpaired) electrons. The van der Waals surface area contributed by atoms with Crippen LogP contribution in [-0.4, -0.2) is 30.0 Å². The van der Waals surface area contributed by atoms with Gasteiger partial charge in [0.25, 0.3) is 0 Å². The standard InChI is InChI=1S/C15H11BrN6S/c16-9-6-4-8(5-7-9)14-21-22-13(19-20-15(22)23-14)12-10-2-1-3-11(10)17-18-12/h4-7H,1-3H2,(H,17,18). The van der Waals surface area contributed by atoms with Gasteiger partial charge in [-0.2, -0.15) is 14.7 Å². The van der Waals surface area contributed by atoms with Crippen molar-refractivity contribution in [1.82, 2.24) is 30.0 Å². The number of halogens is 1. The number of hydrogen-bond donors (Lipinski definition) is 1. The topological polar surface area (TPSA) is 71.8 Å². The third-order valence-corrected chi connectivity index (χ3v) is 5.58. The molecule has 1 aliphatic carbocycles. The number of fused-ring (bicyclic) bond motifs is 2. The molecule has 8 heteroatoms. The highest BCUT2D eigenvalue weighted by Gasteiger charge is 2.24. The summed E-state index contributed by atoms with van der Waals surface area (Å²) in [5.41, 5.74) is 4.44. The molecule has 0 saturated carbocycles. The van der Waals surface area contributed by atoms with Crippen molar-refractivity contribution in [2.75, 3.05) is 0 Å². The number of hydrogen-bond acceptors (Lipinski definition) is 5. The van der Waals surface area contributed by atoms with Crippen LogP contribution in [0.3, 0.4) is 0 Å². The quantitative estimate of drug-likeness (QED) is 0.572. The van der Waals surface area contributed by atoms with Gasteiger partial charge in [0.1, 0.15) is 10.7 Å². The van der Waals surface area contributed by atoms with Crippen LogP contribution < -0.4 is 0 Å². The van der Waals surface area contributed by atoms with Crippen LogP contribution in [0.15, 0.2) is 28.7 Å². The van der Waals surface area contributed by atoms with Gasteiger partial charge >= 0.3 is 0 Å². The summed E-state index contributed by atoms with van der Waals surface area (Å²) in [5.74, 6) is 0.721. The van der Waals surface area contributed by atoms with Crippen LogP contribution in [0.5, 0.6) is 0 Å². The van der Waals surface area contributed by atoms with Crippen molar-refractivity contribution < 1.29 is 0 Å². The molecule has 3 heterocycles. The number of rotatable bonds is 2. The Balaban J connectivity index is 1.65. The largest absolute Gasteiger partial charge is 0.282 e. The van der Waals surface area contributed by atoms with Crippen molar-refractivity contribution in [1.29, 1.82) is 0 Å². The summed E-state index contributed by atoms with van der Waals surface area (Å²) in [7, 11) is 0. The molecule has 0 atom stereocenters. The van der Waals surface area contributed by atoms with Gasteiger partial charge in [-0.15, -0.1) is 10.2 Å². The maximum absolute atomic E-state index is 4.70. The average molecular weight is 387 g/mol. The molecule has 114 valence electrons. The fourth-order valence-corrected chi connectivity index (χ4v) is 4.09. The summed E-state index contributed by atoms with van der Waals surface area (Å²) in [5, 5.41) is 21.7. The lowest BCUT2D eigenvalue weighted by atomic mass is 10.2. The Morgan fingerprint density at radius 3 is 2.87 bits per heavy atom. The molecule has 6 nitrogen and oxygen atoms in total. The van der Waals surface area contributed by atoms with Gasteiger partial charge in [-0.3, -0.25) is 5.10 Å². The van der Waals surface area contributed by atoms with E-state index in [1.807, 2.05) is 24.3 Å². The highest BCUT2D eigenvalue weighted by Crippen LogP contribution is 2.32. The number of aryl methyl sites for hydroxylation is 1. The summed E-state index contributed by atoms with van der Waals surface area (Å²) in [4.78, 5) is 0.785. The Kier molecular flexibility index (Phi) is 2.89. The van der Waals surface area contributed by atoms with Gasteiger partial charge in [0.15, 0.2) is 0 Å². The zero-order valence-electron chi connectivity index (χ0n) is 12.0. The maximum atomic E-state index is 4.70. The van der Waals surface area contributed by atoms with Crippen molar-refractivity contribution in [3.05, 3.63) is 40.0 Å². The minimum absolute atomic E-state index is 0.721. The predicted octanol–water partition coefficient (Wildman–Crippen LogP) is 3.49. The van der Waals surface area contributed by atoms with Crippen LogP contribution in [0.1, 0.15) is 17.7 Å². The number of benzene rings is 1. The molecule has 5 rings (SSSR count). The van der Waals surface area contributed by atoms with Crippen LogP contribution in [0.4, 0.5) is 0 Å². The van der Waals surface area contributed by atoms with E-state index in [1.54, 1.807) is 4.52 Å². The van der Waals surface area contributed by atoms with E-state index in [9.17, 15) is 0 Å². The lowest BCUT2D eigenvalue weighted by Crippen LogP contribution is -1.94. The number of nitrogens with one attached hydrogen (secondary N) is 1. The van der Waals surface area contributed by atoms with Crippen molar-refractivity contribution in [3.63, 3.8) is 0 Å². The predicted molar refractivity (Wildman–Crippen MR) is 91.4 cm³/mol. The molecular weight excluding hydrogens is 376 g/mol. The first-order chi connectivity index (χ1) is 11.3. The van der Waals surface area contributed by atoms with E-state index in [0.29, 0.717) is 0 Å². The molecule has 0 spiro atoms. The smallest absolute Gasteiger partial charge is 0.235 e. The minimum atomic E-state index is 0.721. The third-order valence-electron chi connectivity index (χ3n) is 4.10. The Hall–Kier alpha value is -2.06. The summed E-state index contributed by atoms with van der Waals surface area (Å²) in [6.45, 7) is 0. The lowest BCUT2D eigenvalue weighted by Gasteiger charge is -1.96. The van der Waals surface area contributed by atoms with Crippen molar-refractivity contribution >= 4 is 32.2 Å². The zero-order chi connectivity index (χ0) is 15.4. The summed E-state index contributed by atoms with van der Waals surface area (Å²) in [6.07, 6.45) is 3.27. The monoisotopic (exact) mass is 386 g/mol. The molecule has 0 unspecified atom stereocenters. The number of aromatic nitrogens is 6. The molecule has 0 aliphatic heterocycles. The first-order valence-electron chi connectivity index (χ1n) is 7.34. The van der Waals surface area contributed by atoms with E-state index >= 15 is 0 Å². The van der Waals surface area contributed by atoms with E-state index in [1.165, 1.54) is 29.0 Å². The first kappa shape index (κ1) is 13.4. The van der Waals surface area contributed by atoms with Gasteiger partial charge in [0.05, 0.1) is 0 Å². The highest BCUT2D eigenvalue weighted by molar-refractivity contribution is 9.10. The molecule has 1 aromatic carbocycles. The Bertz CT molecular complexity index is 1010. The SMILES string of the molecule is Brc1ccc(-c2nn3c(-c4n[nH]c5c4CCC5)nnc3s2)cc1. The Morgan fingerprint density at radius 1 is 1.13 bits per heavy atom. The van der Waals surface area contributed by atoms with Crippen molar-refractivity contribution in [3.8, 4) is 22.1 Å². The molecule has 3 aromatic heterocycles. The molecule has 1 aliphatic rings. The fraction of sp³-hybridized carbons (Fsp3) is 0.200. The maximum Gasteiger partial charge on any atom is 0.235 e. The molecule has 4 aromatic rings. The van der Waals surface area contributed by atoms with Gasteiger partial charge in [-0.05, 0) is 31.4 Å². The minimum Gasteiger partial charge on any atom is -0.282 e. The summed E-state index contributed by atoms with van der Waals surface area (Å²) >= 11 is 4.99. The van der Waals surface area contributed by atoms with Gasteiger partial charge in [0, 0.05) is 21.3 Å². The zero-order valence-corrected chi connectivity index (χ0v) is 14.4. The van der Waals surface area contributed by atoms with Gasteiger partial charge in [0.2, 0.25) is 10.8 Å². The van der Waals surface area contributed by atoms with Gasteiger partial charge < -0.3 is 0 Å². The van der Waals surface area contributed by atoms with E-state index in [4.69, 9.17) is 5.10 Å². The van der Waals surface area contributed by atoms with Gasteiger partial charge in [-0.1, -0.05) is 39.4 Å². The van der Waals surface area contributed by atoms with Gasteiger partial charge in [-0.25, -0.2) is 0 Å². The van der Waals surface area contributed by atoms with Crippen LogP contribution in [0.25, 0.3) is 27.1 Å². The van der Waals surface area contributed by atoms with Crippen molar-refractivity contribution in [2.24, 2.45) is 0 Å². The van der Waals surface area contributed by atoms with E-state index in [-0.39, 0.29) is 0 Å². The molecule has 0 amide bonds. The van der Waals surface area contributed by atoms with E-state index in [0.717, 1.165) is 44.4 Å². The molecular formula is C15H11BrN6S. The summed E-state index contributed by atoms with van der Waals surface area (Å²) < 4.78 is 2.86. The van der Waals surface area contributed by atoms with Crippen LogP contribution in [-0.2, 0) is 12.8 Å². The number of nitrogens with zero attached hydrogens (tertiary/aromatic N) is 5. The molecule has 0 saturated heterocycles. The molecule has 0 bridgehead atoms. The number of H-pyrrole nitrogens is 1. The highest BCUT2D eigenvalue weighted by atomic mass is 79.9.